The Morgan fingerprint density at radius 1 is 1.03 bits per heavy atom. The monoisotopic (exact) mass is 393 g/mol. The number of aromatic amines is 1. The third-order valence-electron chi connectivity index (χ3n) is 4.94. The highest BCUT2D eigenvalue weighted by Gasteiger charge is 2.15. The van der Waals surface area contributed by atoms with E-state index in [2.05, 4.69) is 11.1 Å². The number of fused-ring (bicyclic) bond motifs is 2. The van der Waals surface area contributed by atoms with Gasteiger partial charge in [-0.1, -0.05) is 18.2 Å². The van der Waals surface area contributed by atoms with Crippen molar-refractivity contribution in [3.8, 4) is 11.5 Å². The quantitative estimate of drug-likeness (QED) is 0.483. The first-order chi connectivity index (χ1) is 14.2. The molecular formula is C23H23NO5. The molecule has 2 heterocycles. The van der Waals surface area contributed by atoms with Crippen LogP contribution in [0.1, 0.15) is 35.2 Å². The molecule has 0 bridgehead atoms. The van der Waals surface area contributed by atoms with Crippen LogP contribution in [0.5, 0.6) is 11.5 Å². The van der Waals surface area contributed by atoms with Crippen molar-refractivity contribution in [3.05, 3.63) is 59.8 Å². The van der Waals surface area contributed by atoms with Crippen LogP contribution >= 0.6 is 0 Å². The van der Waals surface area contributed by atoms with E-state index >= 15 is 0 Å². The van der Waals surface area contributed by atoms with E-state index in [9.17, 15) is 9.59 Å². The smallest absolute Gasteiger partial charge is 0.306 e. The van der Waals surface area contributed by atoms with Gasteiger partial charge in [-0.15, -0.1) is 0 Å². The van der Waals surface area contributed by atoms with E-state index in [4.69, 9.17) is 14.2 Å². The summed E-state index contributed by atoms with van der Waals surface area (Å²) in [6.45, 7) is 0.873. The zero-order valence-electron chi connectivity index (χ0n) is 16.1. The second-order valence-electron chi connectivity index (χ2n) is 7.01. The molecule has 0 fully saturated rings. The number of Topliss-reactive ketones (excluding diaryl/α,β-unsaturated/α-hetero) is 1. The van der Waals surface area contributed by atoms with E-state index in [0.29, 0.717) is 36.7 Å². The first kappa shape index (κ1) is 19.1. The van der Waals surface area contributed by atoms with Gasteiger partial charge in [-0.05, 0) is 42.7 Å². The van der Waals surface area contributed by atoms with Gasteiger partial charge in [0.2, 0.25) is 0 Å². The molecule has 1 aromatic heterocycles. The van der Waals surface area contributed by atoms with Gasteiger partial charge in [0.1, 0.15) is 0 Å². The Kier molecular flexibility index (Phi) is 5.79. The number of benzene rings is 2. The maximum atomic E-state index is 12.4. The van der Waals surface area contributed by atoms with Gasteiger partial charge in [-0.2, -0.15) is 0 Å². The third kappa shape index (κ3) is 4.59. The Morgan fingerprint density at radius 3 is 2.76 bits per heavy atom. The van der Waals surface area contributed by atoms with E-state index in [1.54, 1.807) is 18.2 Å². The van der Waals surface area contributed by atoms with Crippen molar-refractivity contribution >= 4 is 22.7 Å². The number of ether oxygens (including phenoxy) is 3. The predicted molar refractivity (Wildman–Crippen MR) is 109 cm³/mol. The number of hydrogen-bond acceptors (Lipinski definition) is 5. The summed E-state index contributed by atoms with van der Waals surface area (Å²) in [6.07, 6.45) is 4.49. The number of carbonyl (C=O) groups is 2. The Morgan fingerprint density at radius 2 is 1.86 bits per heavy atom. The maximum Gasteiger partial charge on any atom is 0.306 e. The van der Waals surface area contributed by atoms with E-state index in [1.165, 1.54) is 10.9 Å². The second-order valence-corrected chi connectivity index (χ2v) is 7.01. The van der Waals surface area contributed by atoms with Gasteiger partial charge in [0.05, 0.1) is 13.2 Å². The zero-order chi connectivity index (χ0) is 20.1. The molecule has 0 aliphatic carbocycles. The maximum absolute atomic E-state index is 12.4. The number of para-hydroxylation sites is 1. The summed E-state index contributed by atoms with van der Waals surface area (Å²) in [4.78, 5) is 27.6. The Bertz CT molecular complexity index is 1020. The lowest BCUT2D eigenvalue weighted by Crippen LogP contribution is -2.14. The summed E-state index contributed by atoms with van der Waals surface area (Å²) in [5, 5.41) is 1.17. The minimum absolute atomic E-state index is 0.259. The van der Waals surface area contributed by atoms with Crippen molar-refractivity contribution in [1.29, 1.82) is 0 Å². The minimum Gasteiger partial charge on any atom is -0.490 e. The molecule has 0 spiro atoms. The topological polar surface area (TPSA) is 77.6 Å². The van der Waals surface area contributed by atoms with E-state index < -0.39 is 0 Å². The van der Waals surface area contributed by atoms with Gasteiger partial charge in [-0.3, -0.25) is 9.59 Å². The highest BCUT2D eigenvalue weighted by atomic mass is 16.5. The summed E-state index contributed by atoms with van der Waals surface area (Å²) in [7, 11) is 0. The highest BCUT2D eigenvalue weighted by molar-refractivity contribution is 5.98. The van der Waals surface area contributed by atoms with Crippen LogP contribution in [0, 0.1) is 0 Å². The van der Waals surface area contributed by atoms with Gasteiger partial charge >= 0.3 is 5.97 Å². The van der Waals surface area contributed by atoms with E-state index in [0.717, 1.165) is 18.4 Å². The standard InChI is InChI=1S/C23H23NO5/c25-20(16-9-10-21-22(13-16)28-12-4-11-27-21)15-29-23(26)8-3-5-17-14-24-19-7-2-1-6-18(17)19/h1-2,6-7,9-10,13-14,24H,3-5,8,11-12,15H2. The molecule has 2 aromatic carbocycles. The van der Waals surface area contributed by atoms with E-state index in [1.807, 2.05) is 24.4 Å². The van der Waals surface area contributed by atoms with Crippen LogP contribution in [0.4, 0.5) is 0 Å². The van der Waals surface area contributed by atoms with Crippen LogP contribution in [-0.4, -0.2) is 36.6 Å². The number of H-pyrrole nitrogens is 1. The number of hydrogen-bond donors (Lipinski definition) is 1. The lowest BCUT2D eigenvalue weighted by Gasteiger charge is -2.09. The molecule has 0 saturated heterocycles. The molecule has 0 unspecified atom stereocenters. The van der Waals surface area contributed by atoms with Crippen molar-refractivity contribution in [2.75, 3.05) is 19.8 Å². The number of rotatable bonds is 7. The summed E-state index contributed by atoms with van der Waals surface area (Å²) in [6, 6.07) is 13.1. The Labute approximate surface area is 168 Å². The zero-order valence-corrected chi connectivity index (χ0v) is 16.1. The van der Waals surface area contributed by atoms with Crippen molar-refractivity contribution in [2.45, 2.75) is 25.7 Å². The van der Waals surface area contributed by atoms with Crippen LogP contribution in [0.2, 0.25) is 0 Å². The molecule has 150 valence electrons. The lowest BCUT2D eigenvalue weighted by atomic mass is 10.1. The molecule has 0 saturated carbocycles. The molecule has 1 N–H and O–H groups in total. The fraction of sp³-hybridized carbons (Fsp3) is 0.304. The Hall–Kier alpha value is -3.28. The molecule has 29 heavy (non-hydrogen) atoms. The molecule has 0 radical (unpaired) electrons. The largest absolute Gasteiger partial charge is 0.490 e. The number of carbonyl (C=O) groups excluding carboxylic acids is 2. The summed E-state index contributed by atoms with van der Waals surface area (Å²) in [5.41, 5.74) is 2.71. The number of aromatic nitrogens is 1. The van der Waals surface area contributed by atoms with E-state index in [-0.39, 0.29) is 24.8 Å². The number of ketones is 1. The molecule has 0 atom stereocenters. The van der Waals surface area contributed by atoms with Crippen molar-refractivity contribution in [1.82, 2.24) is 4.98 Å². The van der Waals surface area contributed by atoms with Gasteiger partial charge < -0.3 is 19.2 Å². The number of nitrogens with one attached hydrogen (secondary N) is 1. The molecule has 1 aliphatic rings. The van der Waals surface area contributed by atoms with Gasteiger partial charge in [-0.25, -0.2) is 0 Å². The summed E-state index contributed by atoms with van der Waals surface area (Å²) < 4.78 is 16.3. The average molecular weight is 393 g/mol. The van der Waals surface area contributed by atoms with Crippen LogP contribution in [-0.2, 0) is 16.0 Å². The molecule has 1 aliphatic heterocycles. The second kappa shape index (κ2) is 8.82. The van der Waals surface area contributed by atoms with Crippen molar-refractivity contribution < 1.29 is 23.8 Å². The number of esters is 1. The van der Waals surface area contributed by atoms with Gasteiger partial charge in [0, 0.05) is 35.5 Å². The molecule has 6 nitrogen and oxygen atoms in total. The van der Waals surface area contributed by atoms with Crippen LogP contribution in [0.15, 0.2) is 48.7 Å². The highest BCUT2D eigenvalue weighted by Crippen LogP contribution is 2.30. The number of aryl methyl sites for hydroxylation is 1. The predicted octanol–water partition coefficient (Wildman–Crippen LogP) is 4.08. The molecule has 3 aromatic rings. The average Bonchev–Trinajstić information content (AvgIpc) is 3.00. The molecular weight excluding hydrogens is 370 g/mol. The minimum atomic E-state index is -0.368. The van der Waals surface area contributed by atoms with Crippen LogP contribution < -0.4 is 9.47 Å². The Balaban J connectivity index is 1.25. The SMILES string of the molecule is O=C(CCCc1c[nH]c2ccccc12)OCC(=O)c1ccc2c(c1)OCCCO2. The molecule has 4 rings (SSSR count). The first-order valence-electron chi connectivity index (χ1n) is 9.84. The normalized spacial score (nSPS) is 13.1. The van der Waals surface area contributed by atoms with Crippen LogP contribution in [0.3, 0.4) is 0 Å². The first-order valence-corrected chi connectivity index (χ1v) is 9.84. The molecule has 6 heteroatoms. The van der Waals surface area contributed by atoms with Gasteiger partial charge in [0.25, 0.3) is 0 Å². The lowest BCUT2D eigenvalue weighted by molar-refractivity contribution is -0.142. The van der Waals surface area contributed by atoms with Crippen LogP contribution in [0.25, 0.3) is 10.9 Å². The summed E-state index contributed by atoms with van der Waals surface area (Å²) >= 11 is 0. The van der Waals surface area contributed by atoms with Crippen molar-refractivity contribution in [2.24, 2.45) is 0 Å². The molecule has 0 amide bonds. The summed E-state index contributed by atoms with van der Waals surface area (Å²) in [5.74, 6) is 0.560. The fourth-order valence-electron chi connectivity index (χ4n) is 3.40. The van der Waals surface area contributed by atoms with Gasteiger partial charge in [0.15, 0.2) is 23.9 Å². The fourth-order valence-corrected chi connectivity index (χ4v) is 3.40. The third-order valence-corrected chi connectivity index (χ3v) is 4.94. The van der Waals surface area contributed by atoms with Crippen molar-refractivity contribution in [3.63, 3.8) is 0 Å².